The minimum Gasteiger partial charge on any atom is -0.393 e. The van der Waals surface area contributed by atoms with Crippen LogP contribution >= 0.6 is 12.2 Å². The molecule has 0 bridgehead atoms. The van der Waals surface area contributed by atoms with Gasteiger partial charge in [-0.3, -0.25) is 4.79 Å². The number of thiocarbonyl (C=S) groups is 1. The van der Waals surface area contributed by atoms with Gasteiger partial charge < -0.3 is 10.6 Å². The highest BCUT2D eigenvalue weighted by Gasteiger charge is 2.18. The van der Waals surface area contributed by atoms with Gasteiger partial charge in [-0.25, -0.2) is 0 Å². The normalized spacial score (nSPS) is 12.2. The Labute approximate surface area is 85.3 Å². The predicted molar refractivity (Wildman–Crippen MR) is 58.5 cm³/mol. The Hall–Kier alpha value is -0.640. The van der Waals surface area contributed by atoms with Crippen LogP contribution in [0.15, 0.2) is 0 Å². The molecule has 4 heteroatoms. The molecule has 1 unspecified atom stereocenters. The highest BCUT2D eigenvalue weighted by Crippen LogP contribution is 2.06. The second-order valence-electron chi connectivity index (χ2n) is 3.08. The van der Waals surface area contributed by atoms with Crippen LogP contribution in [0, 0.1) is 5.92 Å². The van der Waals surface area contributed by atoms with Gasteiger partial charge in [-0.2, -0.15) is 0 Å². The number of hydrogen-bond donors (Lipinski definition) is 1. The van der Waals surface area contributed by atoms with Gasteiger partial charge >= 0.3 is 0 Å². The molecule has 0 aliphatic rings. The Kier molecular flexibility index (Phi) is 5.62. The Morgan fingerprint density at radius 3 is 2.23 bits per heavy atom. The zero-order valence-corrected chi connectivity index (χ0v) is 9.36. The van der Waals surface area contributed by atoms with Gasteiger partial charge in [0.1, 0.15) is 0 Å². The van der Waals surface area contributed by atoms with Gasteiger partial charge in [-0.05, 0) is 13.8 Å². The van der Waals surface area contributed by atoms with E-state index < -0.39 is 0 Å². The molecule has 2 N–H and O–H groups in total. The molecule has 1 amide bonds. The summed E-state index contributed by atoms with van der Waals surface area (Å²) in [7, 11) is 0. The van der Waals surface area contributed by atoms with Gasteiger partial charge in [0.25, 0.3) is 0 Å². The van der Waals surface area contributed by atoms with Crippen molar-refractivity contribution in [3.05, 3.63) is 0 Å². The lowest BCUT2D eigenvalue weighted by molar-refractivity contribution is -0.134. The van der Waals surface area contributed by atoms with Gasteiger partial charge in [-0.15, -0.1) is 0 Å². The van der Waals surface area contributed by atoms with Crippen LogP contribution in [0.4, 0.5) is 0 Å². The van der Waals surface area contributed by atoms with E-state index in [2.05, 4.69) is 0 Å². The molecular formula is C9H18N2OS. The van der Waals surface area contributed by atoms with Crippen LogP contribution in [0.2, 0.25) is 0 Å². The third-order valence-electron chi connectivity index (χ3n) is 2.00. The summed E-state index contributed by atoms with van der Waals surface area (Å²) in [4.78, 5) is 13.9. The van der Waals surface area contributed by atoms with Crippen molar-refractivity contribution >= 4 is 23.1 Å². The predicted octanol–water partition coefficient (Wildman–Crippen LogP) is 1.17. The molecule has 13 heavy (non-hydrogen) atoms. The molecule has 0 saturated carbocycles. The maximum atomic E-state index is 11.7. The number of rotatable bonds is 5. The summed E-state index contributed by atoms with van der Waals surface area (Å²) in [5, 5.41) is 0. The molecule has 0 aliphatic carbocycles. The van der Waals surface area contributed by atoms with Gasteiger partial charge in [0.05, 0.1) is 4.99 Å². The van der Waals surface area contributed by atoms with E-state index in [9.17, 15) is 4.79 Å². The molecule has 0 rings (SSSR count). The number of carbonyl (C=O) groups excluding carboxylic acids is 1. The van der Waals surface area contributed by atoms with E-state index in [0.717, 1.165) is 13.1 Å². The smallest absolute Gasteiger partial charge is 0.225 e. The van der Waals surface area contributed by atoms with Crippen LogP contribution in [0.25, 0.3) is 0 Å². The van der Waals surface area contributed by atoms with Crippen LogP contribution in [-0.4, -0.2) is 28.9 Å². The molecule has 0 heterocycles. The number of carbonyl (C=O) groups is 1. The molecule has 0 aromatic heterocycles. The van der Waals surface area contributed by atoms with E-state index in [4.69, 9.17) is 18.0 Å². The average Bonchev–Trinajstić information content (AvgIpc) is 2.05. The lowest BCUT2D eigenvalue weighted by atomic mass is 10.1. The van der Waals surface area contributed by atoms with Gasteiger partial charge in [0, 0.05) is 25.4 Å². The van der Waals surface area contributed by atoms with Gasteiger partial charge in [0.2, 0.25) is 5.91 Å². The van der Waals surface area contributed by atoms with Crippen LogP contribution in [0.5, 0.6) is 0 Å². The third kappa shape index (κ3) is 4.22. The van der Waals surface area contributed by atoms with Crippen molar-refractivity contribution in [2.24, 2.45) is 11.7 Å². The van der Waals surface area contributed by atoms with E-state index >= 15 is 0 Å². The number of amides is 1. The molecule has 0 fully saturated rings. The van der Waals surface area contributed by atoms with E-state index in [1.807, 2.05) is 20.8 Å². The molecule has 0 spiro atoms. The molecule has 0 aromatic carbocycles. The first-order valence-corrected chi connectivity index (χ1v) is 5.00. The second-order valence-corrected chi connectivity index (χ2v) is 3.61. The molecule has 0 saturated heterocycles. The summed E-state index contributed by atoms with van der Waals surface area (Å²) < 4.78 is 0. The quantitative estimate of drug-likeness (QED) is 0.681. The fourth-order valence-electron chi connectivity index (χ4n) is 1.24. The summed E-state index contributed by atoms with van der Waals surface area (Å²) in [6.45, 7) is 7.29. The monoisotopic (exact) mass is 202 g/mol. The van der Waals surface area contributed by atoms with E-state index in [0.29, 0.717) is 11.4 Å². The van der Waals surface area contributed by atoms with Crippen LogP contribution in [0.3, 0.4) is 0 Å². The molecule has 0 aromatic rings. The first kappa shape index (κ1) is 12.4. The Morgan fingerprint density at radius 2 is 1.92 bits per heavy atom. The molecule has 1 atom stereocenters. The maximum absolute atomic E-state index is 11.7. The average molecular weight is 202 g/mol. The van der Waals surface area contributed by atoms with Crippen molar-refractivity contribution in [3.63, 3.8) is 0 Å². The van der Waals surface area contributed by atoms with Crippen molar-refractivity contribution in [1.29, 1.82) is 0 Å². The Balaban J connectivity index is 4.14. The first-order valence-electron chi connectivity index (χ1n) is 4.60. The van der Waals surface area contributed by atoms with Crippen molar-refractivity contribution in [1.82, 2.24) is 4.90 Å². The number of nitrogens with two attached hydrogens (primary N) is 1. The highest BCUT2D eigenvalue weighted by atomic mass is 32.1. The topological polar surface area (TPSA) is 46.3 Å². The summed E-state index contributed by atoms with van der Waals surface area (Å²) in [6.07, 6.45) is 0.505. The minimum atomic E-state index is -0.0857. The third-order valence-corrected chi connectivity index (χ3v) is 2.17. The van der Waals surface area contributed by atoms with Crippen LogP contribution in [-0.2, 0) is 4.79 Å². The minimum absolute atomic E-state index is 0.0857. The standard InChI is InChI=1S/C9H18N2OS/c1-4-11(5-2)9(12)7(3)6-8(10)13/h7H,4-6H2,1-3H3,(H2,10,13). The maximum Gasteiger partial charge on any atom is 0.225 e. The van der Waals surface area contributed by atoms with E-state index in [1.165, 1.54) is 0 Å². The second kappa shape index (κ2) is 5.91. The van der Waals surface area contributed by atoms with E-state index in [-0.39, 0.29) is 11.8 Å². The molecule has 0 aliphatic heterocycles. The van der Waals surface area contributed by atoms with Gasteiger partial charge in [-0.1, -0.05) is 19.1 Å². The van der Waals surface area contributed by atoms with Crippen molar-refractivity contribution in [3.8, 4) is 0 Å². The number of hydrogen-bond acceptors (Lipinski definition) is 2. The largest absolute Gasteiger partial charge is 0.393 e. The van der Waals surface area contributed by atoms with Crippen LogP contribution in [0.1, 0.15) is 27.2 Å². The molecule has 3 nitrogen and oxygen atoms in total. The first-order chi connectivity index (χ1) is 6.02. The van der Waals surface area contributed by atoms with Crippen molar-refractivity contribution in [2.75, 3.05) is 13.1 Å². The van der Waals surface area contributed by atoms with E-state index in [1.54, 1.807) is 4.90 Å². The van der Waals surface area contributed by atoms with Gasteiger partial charge in [0.15, 0.2) is 0 Å². The molecular weight excluding hydrogens is 184 g/mol. The Bertz CT molecular complexity index is 190. The summed E-state index contributed by atoms with van der Waals surface area (Å²) >= 11 is 4.76. The van der Waals surface area contributed by atoms with Crippen molar-refractivity contribution in [2.45, 2.75) is 27.2 Å². The van der Waals surface area contributed by atoms with Crippen LogP contribution < -0.4 is 5.73 Å². The summed E-state index contributed by atoms with van der Waals surface area (Å²) in [5.74, 6) is 0.0511. The summed E-state index contributed by atoms with van der Waals surface area (Å²) in [5.41, 5.74) is 5.37. The van der Waals surface area contributed by atoms with Crippen molar-refractivity contribution < 1.29 is 4.79 Å². The number of nitrogens with zero attached hydrogens (tertiary/aromatic N) is 1. The lowest BCUT2D eigenvalue weighted by Crippen LogP contribution is -2.36. The zero-order valence-electron chi connectivity index (χ0n) is 8.54. The molecule has 76 valence electrons. The zero-order chi connectivity index (χ0) is 10.4. The summed E-state index contributed by atoms with van der Waals surface area (Å²) in [6, 6.07) is 0. The molecule has 0 radical (unpaired) electrons. The fraction of sp³-hybridized carbons (Fsp3) is 0.778. The SMILES string of the molecule is CCN(CC)C(=O)C(C)CC(N)=S. The Morgan fingerprint density at radius 1 is 1.46 bits per heavy atom. The fourth-order valence-corrected chi connectivity index (χ4v) is 1.49. The highest BCUT2D eigenvalue weighted by molar-refractivity contribution is 7.80. The lowest BCUT2D eigenvalue weighted by Gasteiger charge is -2.22.